The quantitative estimate of drug-likeness (QED) is 0.614. The average molecular weight is 386 g/mol. The summed E-state index contributed by atoms with van der Waals surface area (Å²) in [6.07, 6.45) is 2.49. The number of methoxy groups -OCH3 is 1. The number of aromatic nitrogens is 5. The van der Waals surface area contributed by atoms with Gasteiger partial charge in [-0.05, 0) is 5.56 Å². The summed E-state index contributed by atoms with van der Waals surface area (Å²) < 4.78 is 17.1. The third-order valence-electron chi connectivity index (χ3n) is 4.40. The van der Waals surface area contributed by atoms with Crippen LogP contribution in [0.5, 0.6) is 0 Å². The summed E-state index contributed by atoms with van der Waals surface area (Å²) in [6.45, 7) is 3.27. The lowest BCUT2D eigenvalue weighted by molar-refractivity contribution is 0.0916. The van der Waals surface area contributed by atoms with Crippen LogP contribution < -0.4 is 4.90 Å². The van der Waals surface area contributed by atoms with Gasteiger partial charge in [0.05, 0.1) is 26.4 Å². The van der Waals surface area contributed by atoms with Crippen molar-refractivity contribution in [2.75, 3.05) is 38.4 Å². The molecular formula is C18H22N6O2S. The van der Waals surface area contributed by atoms with Crippen LogP contribution in [0.4, 0.5) is 5.13 Å². The predicted molar refractivity (Wildman–Crippen MR) is 102 cm³/mol. The molecule has 0 spiro atoms. The Balaban J connectivity index is 1.50. The molecule has 0 bridgehead atoms. The minimum Gasteiger partial charge on any atom is -0.384 e. The third-order valence-corrected chi connectivity index (χ3v) is 5.19. The van der Waals surface area contributed by atoms with Crippen LogP contribution in [0, 0.1) is 0 Å². The zero-order valence-electron chi connectivity index (χ0n) is 15.2. The molecule has 2 aromatic heterocycles. The van der Waals surface area contributed by atoms with Gasteiger partial charge in [-0.15, -0.1) is 0 Å². The Kier molecular flexibility index (Phi) is 5.71. The van der Waals surface area contributed by atoms with Crippen molar-refractivity contribution >= 4 is 16.7 Å². The van der Waals surface area contributed by atoms with Gasteiger partial charge in [0.1, 0.15) is 18.2 Å². The molecule has 1 saturated heterocycles. The van der Waals surface area contributed by atoms with Gasteiger partial charge in [-0.1, -0.05) is 30.3 Å². The summed E-state index contributed by atoms with van der Waals surface area (Å²) in [5, 5.41) is 5.56. The zero-order valence-corrected chi connectivity index (χ0v) is 16.0. The van der Waals surface area contributed by atoms with Crippen LogP contribution in [-0.4, -0.2) is 57.6 Å². The Bertz CT molecular complexity index is 852. The van der Waals surface area contributed by atoms with E-state index in [0.29, 0.717) is 32.8 Å². The van der Waals surface area contributed by atoms with Gasteiger partial charge in [-0.2, -0.15) is 9.47 Å². The number of benzene rings is 1. The van der Waals surface area contributed by atoms with Crippen molar-refractivity contribution in [1.82, 2.24) is 24.1 Å². The van der Waals surface area contributed by atoms with E-state index in [0.717, 1.165) is 23.3 Å². The molecule has 1 atom stereocenters. The number of nitrogens with zero attached hydrogens (tertiary/aromatic N) is 6. The first-order chi connectivity index (χ1) is 13.3. The number of hydrogen-bond donors (Lipinski definition) is 0. The van der Waals surface area contributed by atoms with E-state index < -0.39 is 0 Å². The van der Waals surface area contributed by atoms with Crippen molar-refractivity contribution in [3.05, 3.63) is 53.9 Å². The summed E-state index contributed by atoms with van der Waals surface area (Å²) >= 11 is 1.41. The van der Waals surface area contributed by atoms with Gasteiger partial charge < -0.3 is 14.4 Å². The zero-order chi connectivity index (χ0) is 18.5. The van der Waals surface area contributed by atoms with Gasteiger partial charge in [-0.25, -0.2) is 14.6 Å². The Labute approximate surface area is 161 Å². The lowest BCUT2D eigenvalue weighted by Crippen LogP contribution is -2.40. The van der Waals surface area contributed by atoms with Crippen molar-refractivity contribution in [2.24, 2.45) is 0 Å². The molecular weight excluding hydrogens is 364 g/mol. The molecule has 27 heavy (non-hydrogen) atoms. The van der Waals surface area contributed by atoms with Crippen molar-refractivity contribution in [3.8, 4) is 0 Å². The molecule has 3 aromatic rings. The molecule has 0 N–H and O–H groups in total. The van der Waals surface area contributed by atoms with Crippen LogP contribution in [0.3, 0.4) is 0 Å². The minimum absolute atomic E-state index is 0.0565. The predicted octanol–water partition coefficient (Wildman–Crippen LogP) is 1.94. The van der Waals surface area contributed by atoms with Crippen molar-refractivity contribution < 1.29 is 9.47 Å². The molecule has 4 rings (SSSR count). The van der Waals surface area contributed by atoms with Gasteiger partial charge in [0.15, 0.2) is 5.82 Å². The molecule has 3 heterocycles. The topological polar surface area (TPSA) is 78.2 Å². The number of anilines is 1. The average Bonchev–Trinajstić information content (AvgIpc) is 3.37. The van der Waals surface area contributed by atoms with Gasteiger partial charge >= 0.3 is 0 Å². The minimum atomic E-state index is -0.0565. The lowest BCUT2D eigenvalue weighted by Gasteiger charge is -2.33. The van der Waals surface area contributed by atoms with Crippen molar-refractivity contribution in [1.29, 1.82) is 0 Å². The highest BCUT2D eigenvalue weighted by molar-refractivity contribution is 7.09. The Morgan fingerprint density at radius 3 is 3.04 bits per heavy atom. The van der Waals surface area contributed by atoms with E-state index >= 15 is 0 Å². The van der Waals surface area contributed by atoms with Crippen LogP contribution in [-0.2, 0) is 22.4 Å². The molecule has 1 aromatic carbocycles. The smallest absolute Gasteiger partial charge is 0.205 e. The summed E-state index contributed by atoms with van der Waals surface area (Å²) in [5.41, 5.74) is 1.19. The van der Waals surface area contributed by atoms with E-state index in [4.69, 9.17) is 9.47 Å². The van der Waals surface area contributed by atoms with E-state index in [-0.39, 0.29) is 6.04 Å². The summed E-state index contributed by atoms with van der Waals surface area (Å²) in [4.78, 5) is 11.4. The summed E-state index contributed by atoms with van der Waals surface area (Å²) in [5.74, 6) is 1.56. The number of rotatable bonds is 7. The molecule has 0 aliphatic carbocycles. The maximum Gasteiger partial charge on any atom is 0.205 e. The van der Waals surface area contributed by atoms with E-state index in [2.05, 4.69) is 36.5 Å². The van der Waals surface area contributed by atoms with Crippen LogP contribution in [0.25, 0.3) is 0 Å². The molecule has 0 unspecified atom stereocenters. The highest BCUT2D eigenvalue weighted by Crippen LogP contribution is 2.29. The Hall–Kier alpha value is -2.36. The van der Waals surface area contributed by atoms with E-state index in [1.807, 2.05) is 22.9 Å². The fourth-order valence-electron chi connectivity index (χ4n) is 3.01. The third kappa shape index (κ3) is 4.32. The van der Waals surface area contributed by atoms with E-state index in [1.165, 1.54) is 17.1 Å². The molecule has 8 nitrogen and oxygen atoms in total. The maximum absolute atomic E-state index is 5.69. The van der Waals surface area contributed by atoms with Crippen LogP contribution in [0.1, 0.15) is 23.3 Å². The fraction of sp³-hybridized carbons (Fsp3) is 0.444. The van der Waals surface area contributed by atoms with E-state index in [9.17, 15) is 0 Å². The SMILES string of the molecule is COCCc1nsc(N2CCOC[C@H]2c2ncn(Cc3ccccc3)n2)n1. The van der Waals surface area contributed by atoms with Crippen LogP contribution >= 0.6 is 11.5 Å². The first-order valence-electron chi connectivity index (χ1n) is 8.92. The number of hydrogen-bond acceptors (Lipinski definition) is 8. The number of morpholine rings is 1. The van der Waals surface area contributed by atoms with Crippen LogP contribution in [0.2, 0.25) is 0 Å². The Morgan fingerprint density at radius 2 is 2.19 bits per heavy atom. The van der Waals surface area contributed by atoms with Crippen LogP contribution in [0.15, 0.2) is 36.7 Å². The van der Waals surface area contributed by atoms with E-state index in [1.54, 1.807) is 13.4 Å². The Morgan fingerprint density at radius 1 is 1.30 bits per heavy atom. The summed E-state index contributed by atoms with van der Waals surface area (Å²) in [6, 6.07) is 10.2. The highest BCUT2D eigenvalue weighted by atomic mass is 32.1. The van der Waals surface area contributed by atoms with Crippen molar-refractivity contribution in [3.63, 3.8) is 0 Å². The second-order valence-corrected chi connectivity index (χ2v) is 7.04. The molecule has 0 radical (unpaired) electrons. The normalized spacial score (nSPS) is 17.4. The van der Waals surface area contributed by atoms with Gasteiger partial charge in [-0.3, -0.25) is 0 Å². The first kappa shape index (κ1) is 18.0. The fourth-order valence-corrected chi connectivity index (χ4v) is 3.80. The van der Waals surface area contributed by atoms with Gasteiger partial charge in [0.2, 0.25) is 5.13 Å². The molecule has 142 valence electrons. The number of ether oxygens (including phenoxy) is 2. The highest BCUT2D eigenvalue weighted by Gasteiger charge is 2.30. The van der Waals surface area contributed by atoms with Gasteiger partial charge in [0.25, 0.3) is 0 Å². The molecule has 1 aliphatic heterocycles. The standard InChI is InChI=1S/C18H22N6O2S/c1-25-9-7-16-20-18(27-22-16)24-8-10-26-12-15(24)17-19-13-23(21-17)11-14-5-3-2-4-6-14/h2-6,13,15H,7-12H2,1H3/t15-/m0/s1. The van der Waals surface area contributed by atoms with Gasteiger partial charge in [0, 0.05) is 31.6 Å². The molecule has 0 saturated carbocycles. The monoisotopic (exact) mass is 386 g/mol. The second kappa shape index (κ2) is 8.55. The summed E-state index contributed by atoms with van der Waals surface area (Å²) in [7, 11) is 1.68. The maximum atomic E-state index is 5.69. The molecule has 1 fully saturated rings. The van der Waals surface area contributed by atoms with Crippen molar-refractivity contribution in [2.45, 2.75) is 19.0 Å². The second-order valence-electron chi connectivity index (χ2n) is 6.31. The lowest BCUT2D eigenvalue weighted by atomic mass is 10.2. The first-order valence-corrected chi connectivity index (χ1v) is 9.70. The molecule has 1 aliphatic rings. The molecule has 0 amide bonds. The largest absolute Gasteiger partial charge is 0.384 e. The molecule has 9 heteroatoms.